The first kappa shape index (κ1) is 21.6. The molecule has 1 aromatic carbocycles. The van der Waals surface area contributed by atoms with Crippen LogP contribution >= 0.6 is 0 Å². The zero-order chi connectivity index (χ0) is 19.5. The molecule has 8 nitrogen and oxygen atoms in total. The van der Waals surface area contributed by atoms with Crippen molar-refractivity contribution in [2.24, 2.45) is 0 Å². The molecule has 0 saturated heterocycles. The van der Waals surface area contributed by atoms with Crippen LogP contribution in [0.4, 0.5) is 5.69 Å². The van der Waals surface area contributed by atoms with Gasteiger partial charge >= 0.3 is 5.97 Å². The molecule has 144 valence electrons. The van der Waals surface area contributed by atoms with Crippen molar-refractivity contribution in [1.29, 1.82) is 0 Å². The van der Waals surface area contributed by atoms with E-state index in [2.05, 4.69) is 4.90 Å². The number of nitro benzene ring substituents is 1. The molecule has 1 aromatic rings. The van der Waals surface area contributed by atoms with Crippen LogP contribution in [0.1, 0.15) is 37.6 Å². The predicted octanol–water partition coefficient (Wildman–Crippen LogP) is 2.33. The normalized spacial score (nSPS) is 10.6. The summed E-state index contributed by atoms with van der Waals surface area (Å²) < 4.78 is 4.92. The number of esters is 1. The number of hydrogen-bond acceptors (Lipinski definition) is 6. The third kappa shape index (κ3) is 6.79. The number of likely N-dealkylation sites (N-methyl/N-ethyl adjacent to an activating group) is 1. The van der Waals surface area contributed by atoms with Gasteiger partial charge in [-0.25, -0.2) is 0 Å². The van der Waals surface area contributed by atoms with E-state index in [1.807, 2.05) is 13.8 Å². The fraction of sp³-hybridized carbons (Fsp3) is 0.556. The number of non-ortho nitro benzene ring substituents is 1. The van der Waals surface area contributed by atoms with E-state index in [4.69, 9.17) is 4.74 Å². The van der Waals surface area contributed by atoms with Crippen molar-refractivity contribution in [1.82, 2.24) is 9.80 Å². The average Bonchev–Trinajstić information content (AvgIpc) is 2.64. The van der Waals surface area contributed by atoms with Gasteiger partial charge in [-0.15, -0.1) is 0 Å². The molecule has 0 aliphatic carbocycles. The van der Waals surface area contributed by atoms with Gasteiger partial charge in [0.05, 0.1) is 18.0 Å². The van der Waals surface area contributed by atoms with Crippen LogP contribution in [0.5, 0.6) is 0 Å². The Morgan fingerprint density at radius 1 is 1.12 bits per heavy atom. The Bertz CT molecular complexity index is 617. The summed E-state index contributed by atoms with van der Waals surface area (Å²) in [6.07, 6.45) is 0.0900. The highest BCUT2D eigenvalue weighted by Gasteiger charge is 2.20. The fourth-order valence-electron chi connectivity index (χ4n) is 2.51. The van der Waals surface area contributed by atoms with Crippen molar-refractivity contribution >= 4 is 17.6 Å². The summed E-state index contributed by atoms with van der Waals surface area (Å²) in [5.41, 5.74) is 0.104. The third-order valence-electron chi connectivity index (χ3n) is 4.06. The van der Waals surface area contributed by atoms with E-state index in [9.17, 15) is 19.7 Å². The molecular formula is C18H27N3O5. The maximum atomic E-state index is 12.8. The first-order chi connectivity index (χ1) is 12.4. The Kier molecular flexibility index (Phi) is 9.29. The summed E-state index contributed by atoms with van der Waals surface area (Å²) in [5, 5.41) is 10.9. The van der Waals surface area contributed by atoms with Gasteiger partial charge in [-0.05, 0) is 26.1 Å². The van der Waals surface area contributed by atoms with Gasteiger partial charge in [0.1, 0.15) is 0 Å². The van der Waals surface area contributed by atoms with Gasteiger partial charge in [0.25, 0.3) is 11.6 Å². The predicted molar refractivity (Wildman–Crippen MR) is 98.0 cm³/mol. The fourth-order valence-corrected chi connectivity index (χ4v) is 2.51. The van der Waals surface area contributed by atoms with Gasteiger partial charge in [-0.1, -0.05) is 19.9 Å². The number of nitro groups is 1. The lowest BCUT2D eigenvalue weighted by molar-refractivity contribution is -0.384. The van der Waals surface area contributed by atoms with Gasteiger partial charge in [0.2, 0.25) is 0 Å². The summed E-state index contributed by atoms with van der Waals surface area (Å²) >= 11 is 0. The summed E-state index contributed by atoms with van der Waals surface area (Å²) in [6.45, 7) is 9.10. The van der Waals surface area contributed by atoms with Crippen LogP contribution in [0.25, 0.3) is 0 Å². The minimum atomic E-state index is -0.532. The Balaban J connectivity index is 2.90. The zero-order valence-electron chi connectivity index (χ0n) is 15.6. The largest absolute Gasteiger partial charge is 0.466 e. The quantitative estimate of drug-likeness (QED) is 0.339. The lowest BCUT2D eigenvalue weighted by Crippen LogP contribution is -2.40. The molecule has 0 fully saturated rings. The maximum Gasteiger partial charge on any atom is 0.307 e. The van der Waals surface area contributed by atoms with Crippen LogP contribution in [0.15, 0.2) is 24.3 Å². The minimum Gasteiger partial charge on any atom is -0.466 e. The van der Waals surface area contributed by atoms with E-state index < -0.39 is 4.92 Å². The molecule has 0 N–H and O–H groups in total. The van der Waals surface area contributed by atoms with E-state index in [0.717, 1.165) is 13.1 Å². The molecule has 0 radical (unpaired) electrons. The number of ether oxygens (including phenoxy) is 1. The topological polar surface area (TPSA) is 93.0 Å². The van der Waals surface area contributed by atoms with E-state index >= 15 is 0 Å². The number of benzene rings is 1. The van der Waals surface area contributed by atoms with Crippen molar-refractivity contribution in [2.45, 2.75) is 27.2 Å². The number of amides is 1. The first-order valence-electron chi connectivity index (χ1n) is 8.84. The number of carbonyl (C=O) groups is 2. The SMILES string of the molecule is CCOC(=O)CCN(CCN(CC)CC)C(=O)c1cccc([N+](=O)[O-])c1. The van der Waals surface area contributed by atoms with Crippen LogP contribution in [0, 0.1) is 10.1 Å². The maximum absolute atomic E-state index is 12.8. The van der Waals surface area contributed by atoms with E-state index in [1.165, 1.54) is 18.2 Å². The second-order valence-corrected chi connectivity index (χ2v) is 5.68. The third-order valence-corrected chi connectivity index (χ3v) is 4.06. The highest BCUT2D eigenvalue weighted by atomic mass is 16.6. The summed E-state index contributed by atoms with van der Waals surface area (Å²) in [7, 11) is 0. The van der Waals surface area contributed by atoms with Crippen LogP contribution in [-0.4, -0.2) is 65.9 Å². The average molecular weight is 365 g/mol. The molecule has 8 heteroatoms. The van der Waals surface area contributed by atoms with Crippen LogP contribution in [0.3, 0.4) is 0 Å². The van der Waals surface area contributed by atoms with Gasteiger partial charge in [-0.2, -0.15) is 0 Å². The molecule has 0 saturated carbocycles. The van der Waals surface area contributed by atoms with Gasteiger partial charge < -0.3 is 14.5 Å². The van der Waals surface area contributed by atoms with Crippen molar-refractivity contribution in [3.8, 4) is 0 Å². The zero-order valence-corrected chi connectivity index (χ0v) is 15.6. The molecule has 0 atom stereocenters. The standard InChI is InChI=1S/C18H27N3O5/c1-4-19(5-2)12-13-20(11-10-17(22)26-6-3)18(23)15-8-7-9-16(14-15)21(24)25/h7-9,14H,4-6,10-13H2,1-3H3. The molecule has 0 aliphatic heterocycles. The number of rotatable bonds is 11. The molecule has 0 heterocycles. The molecule has 0 unspecified atom stereocenters. The monoisotopic (exact) mass is 365 g/mol. The molecule has 1 amide bonds. The number of hydrogen-bond donors (Lipinski definition) is 0. The van der Waals surface area contributed by atoms with E-state index in [1.54, 1.807) is 17.9 Å². The van der Waals surface area contributed by atoms with Gasteiger partial charge in [0, 0.05) is 37.3 Å². The van der Waals surface area contributed by atoms with Crippen molar-refractivity contribution < 1.29 is 19.2 Å². The molecule has 0 aromatic heterocycles. The second-order valence-electron chi connectivity index (χ2n) is 5.68. The number of nitrogens with zero attached hydrogens (tertiary/aromatic N) is 3. The number of carbonyl (C=O) groups excluding carboxylic acids is 2. The van der Waals surface area contributed by atoms with Crippen molar-refractivity contribution in [2.75, 3.05) is 39.3 Å². The second kappa shape index (κ2) is 11.2. The molecule has 0 bridgehead atoms. The Hall–Kier alpha value is -2.48. The summed E-state index contributed by atoms with van der Waals surface area (Å²) in [6, 6.07) is 5.64. The highest BCUT2D eigenvalue weighted by molar-refractivity contribution is 5.95. The van der Waals surface area contributed by atoms with Crippen LogP contribution in [-0.2, 0) is 9.53 Å². The molecule has 1 rings (SSSR count). The van der Waals surface area contributed by atoms with E-state index in [0.29, 0.717) is 13.1 Å². The molecule has 0 spiro atoms. The van der Waals surface area contributed by atoms with Gasteiger partial charge in [-0.3, -0.25) is 19.7 Å². The lowest BCUT2D eigenvalue weighted by Gasteiger charge is -2.26. The van der Waals surface area contributed by atoms with Crippen LogP contribution in [0.2, 0.25) is 0 Å². The Labute approximate surface area is 153 Å². The molecular weight excluding hydrogens is 338 g/mol. The summed E-state index contributed by atoms with van der Waals surface area (Å²) in [5.74, 6) is -0.697. The van der Waals surface area contributed by atoms with Gasteiger partial charge in [0.15, 0.2) is 0 Å². The van der Waals surface area contributed by atoms with Crippen LogP contribution < -0.4 is 0 Å². The Morgan fingerprint density at radius 2 is 1.81 bits per heavy atom. The lowest BCUT2D eigenvalue weighted by atomic mass is 10.1. The van der Waals surface area contributed by atoms with Crippen molar-refractivity contribution in [3.63, 3.8) is 0 Å². The highest BCUT2D eigenvalue weighted by Crippen LogP contribution is 2.15. The minimum absolute atomic E-state index is 0.0900. The summed E-state index contributed by atoms with van der Waals surface area (Å²) in [4.78, 5) is 38.6. The Morgan fingerprint density at radius 3 is 2.38 bits per heavy atom. The molecule has 26 heavy (non-hydrogen) atoms. The van der Waals surface area contributed by atoms with Crippen molar-refractivity contribution in [3.05, 3.63) is 39.9 Å². The molecule has 0 aliphatic rings. The van der Waals surface area contributed by atoms with E-state index in [-0.39, 0.29) is 42.7 Å². The first-order valence-corrected chi connectivity index (χ1v) is 8.84. The smallest absolute Gasteiger partial charge is 0.307 e.